The highest BCUT2D eigenvalue weighted by molar-refractivity contribution is 5.87. The number of fused-ring (bicyclic) bond motifs is 4. The van der Waals surface area contributed by atoms with Crippen LogP contribution in [0.4, 0.5) is 0 Å². The SMILES string of the molecule is CO[C@H]1C[C@H](CC[C@H](C)[C@H](O)[C@H](C)[C@H]2OC(=O)/C=C/C(C)=C\C[C@H](O)C[C@@H]3C=CC[C@@H](C[C@H](OC)[C@@H](C)[C@@H](O)C[C@@H](O)C(C)[C@@H]([C@@H](C)[C@@H](O)[C@@H](C)CC[C@H]4C[C@H](OC)C[C@H](C)O4)OC(=O)/C(C)=C/C[C@H](O)C[C@@H]4C=CC[C@@H](C[C@@H](OC)[C@@H](C)[C@H](O)C[C@H](O)[C@@H]2C)O4)O3)O[C@@H](C)C1. The lowest BCUT2D eigenvalue weighted by Crippen LogP contribution is -2.46. The third-order valence-electron chi connectivity index (χ3n) is 22.1. The number of aliphatic hydroxyl groups is 8. The Morgan fingerprint density at radius 2 is 0.885 bits per heavy atom. The number of ether oxygens (including phenoxy) is 10. The number of esters is 2. The number of aliphatic hydroxyl groups excluding tert-OH is 8. The lowest BCUT2D eigenvalue weighted by molar-refractivity contribution is -0.159. The third-order valence-corrected chi connectivity index (χ3v) is 22.1. The molecule has 0 aromatic rings. The van der Waals surface area contributed by atoms with Crippen molar-refractivity contribution in [2.24, 2.45) is 47.3 Å². The molecule has 0 spiro atoms. The predicted octanol–water partition coefficient (Wildman–Crippen LogP) is 9.55. The summed E-state index contributed by atoms with van der Waals surface area (Å²) in [5, 5.41) is 94.6. The fourth-order valence-electron chi connectivity index (χ4n) is 15.2. The van der Waals surface area contributed by atoms with Crippen LogP contribution in [0.2, 0.25) is 0 Å². The van der Waals surface area contributed by atoms with Crippen LogP contribution >= 0.6 is 0 Å². The van der Waals surface area contributed by atoms with Gasteiger partial charge in [-0.1, -0.05) is 103 Å². The Labute approximate surface area is 575 Å². The second kappa shape index (κ2) is 41.8. The molecule has 30 atom stereocenters. The molecule has 1 unspecified atom stereocenters. The molecular formula is C76H130O20. The quantitative estimate of drug-likeness (QED) is 0.0527. The molecule has 2 saturated heterocycles. The second-order valence-corrected chi connectivity index (χ2v) is 29.9. The largest absolute Gasteiger partial charge is 0.458 e. The molecule has 20 nitrogen and oxygen atoms in total. The van der Waals surface area contributed by atoms with Crippen LogP contribution in [0.5, 0.6) is 0 Å². The average molecular weight is 1360 g/mol. The summed E-state index contributed by atoms with van der Waals surface area (Å²) in [7, 11) is 6.57. The maximum atomic E-state index is 14.2. The Morgan fingerprint density at radius 1 is 0.479 bits per heavy atom. The first-order valence-electron chi connectivity index (χ1n) is 36.4. The number of hydrogen-bond donors (Lipinski definition) is 8. The van der Waals surface area contributed by atoms with Crippen LogP contribution in [0, 0.1) is 47.3 Å². The minimum Gasteiger partial charge on any atom is -0.458 e. The van der Waals surface area contributed by atoms with Gasteiger partial charge in [-0.2, -0.15) is 0 Å². The van der Waals surface area contributed by atoms with E-state index in [1.165, 1.54) is 6.08 Å². The van der Waals surface area contributed by atoms with Crippen LogP contribution in [-0.4, -0.2) is 216 Å². The Morgan fingerprint density at radius 3 is 1.30 bits per heavy atom. The summed E-state index contributed by atoms with van der Waals surface area (Å²) in [5.41, 5.74) is 0.927. The standard InChI is InChI=1S/C76H130O20/c1-43-23-28-55(77)35-57-19-17-21-59(93-57)39-70(90-16)50(8)66(80)42-68(82)52(10)75(54(12)73(85)45(3)27-31-62-38-64(88-14)34-48(6)92-62)96-76(86)46(4)25-29-56(78)36-58-20-18-22-60(94-58)40-69(89-15)49(7)65(79)41-67(81)51(9)74(95-71(83)32-24-43)53(11)72(84)44(2)26-30-61-37-63(87-13)33-47(5)91-61/h17-20,23-25,32,44-45,47-70,72-75,77-82,84-85H,21-22,26-31,33-42H2,1-16H3/b32-24+,43-23-,46-25+/t44-,45-,47-,48-,49-,50-,51-,52?,53-,54-,55-,56-,57-,58-,59-,60-,61-,62-,63+,64+,65+,66-,67-,68+,69+,70-,72-,73-,74-,75-/m0/s1. The monoisotopic (exact) mass is 1360 g/mol. The Bertz CT molecular complexity index is 2400. The molecule has 5 aliphatic heterocycles. The first-order valence-corrected chi connectivity index (χ1v) is 36.4. The van der Waals surface area contributed by atoms with Crippen molar-refractivity contribution in [3.05, 3.63) is 59.8 Å². The lowest BCUT2D eigenvalue weighted by atomic mass is 9.78. The van der Waals surface area contributed by atoms with Gasteiger partial charge < -0.3 is 88.2 Å². The number of hydrogen-bond acceptors (Lipinski definition) is 20. The van der Waals surface area contributed by atoms with E-state index in [1.807, 2.05) is 92.7 Å². The molecule has 8 N–H and O–H groups in total. The maximum Gasteiger partial charge on any atom is 0.333 e. The van der Waals surface area contributed by atoms with E-state index in [0.29, 0.717) is 56.9 Å². The molecule has 96 heavy (non-hydrogen) atoms. The lowest BCUT2D eigenvalue weighted by Gasteiger charge is -2.38. The molecule has 0 aliphatic carbocycles. The molecule has 0 saturated carbocycles. The number of rotatable bonds is 16. The van der Waals surface area contributed by atoms with Gasteiger partial charge in [-0.3, -0.25) is 0 Å². The number of carbonyl (C=O) groups is 2. The molecule has 20 heteroatoms. The summed E-state index contributed by atoms with van der Waals surface area (Å²) in [6.45, 7) is 22.3. The summed E-state index contributed by atoms with van der Waals surface area (Å²) in [4.78, 5) is 28.1. The number of methoxy groups -OCH3 is 4. The zero-order chi connectivity index (χ0) is 71.1. The van der Waals surface area contributed by atoms with Crippen LogP contribution in [-0.2, 0) is 57.0 Å². The zero-order valence-electron chi connectivity index (χ0n) is 61.1. The Hall–Kier alpha value is -3.00. The summed E-state index contributed by atoms with van der Waals surface area (Å²) in [6, 6.07) is 0. The predicted molar refractivity (Wildman–Crippen MR) is 368 cm³/mol. The van der Waals surface area contributed by atoms with Gasteiger partial charge in [0.15, 0.2) is 0 Å². The van der Waals surface area contributed by atoms with Crippen LogP contribution in [0.3, 0.4) is 0 Å². The average Bonchev–Trinajstić information content (AvgIpc) is 0.856. The molecule has 554 valence electrons. The normalized spacial score (nSPS) is 41.2. The van der Waals surface area contributed by atoms with Gasteiger partial charge in [-0.05, 0) is 129 Å². The molecule has 0 amide bonds. The Balaban J connectivity index is 1.37. The van der Waals surface area contributed by atoms with Crippen molar-refractivity contribution < 1.29 is 97.8 Å². The minimum absolute atomic E-state index is 0.0306. The fraction of sp³-hybridized carbons (Fsp3) is 0.842. The number of cyclic esters (lactones) is 2. The molecule has 0 aromatic heterocycles. The van der Waals surface area contributed by atoms with Gasteiger partial charge >= 0.3 is 11.9 Å². The summed E-state index contributed by atoms with van der Waals surface area (Å²) >= 11 is 0. The van der Waals surface area contributed by atoms with Crippen LogP contribution in [0.15, 0.2) is 59.8 Å². The number of carbonyl (C=O) groups excluding carboxylic acids is 2. The highest BCUT2D eigenvalue weighted by Crippen LogP contribution is 2.37. The molecule has 5 rings (SSSR count). The highest BCUT2D eigenvalue weighted by atomic mass is 16.6. The Kier molecular flexibility index (Phi) is 36.4. The van der Waals surface area contributed by atoms with Crippen molar-refractivity contribution in [1.29, 1.82) is 0 Å². The van der Waals surface area contributed by atoms with Gasteiger partial charge in [-0.25, -0.2) is 9.59 Å². The van der Waals surface area contributed by atoms with Crippen molar-refractivity contribution in [3.63, 3.8) is 0 Å². The smallest absolute Gasteiger partial charge is 0.333 e. The number of allylic oxidation sites excluding steroid dienone is 2. The van der Waals surface area contributed by atoms with E-state index in [1.54, 1.807) is 61.4 Å². The van der Waals surface area contributed by atoms with Gasteiger partial charge in [-0.15, -0.1) is 0 Å². The topological polar surface area (TPSA) is 288 Å². The van der Waals surface area contributed by atoms with E-state index in [0.717, 1.165) is 25.7 Å². The van der Waals surface area contributed by atoms with Crippen molar-refractivity contribution >= 4 is 11.9 Å². The summed E-state index contributed by atoms with van der Waals surface area (Å²) in [6.07, 6.45) is 10.3. The molecule has 4 bridgehead atoms. The zero-order valence-corrected chi connectivity index (χ0v) is 61.1. The first kappa shape index (κ1) is 83.7. The van der Waals surface area contributed by atoms with E-state index < -0.39 is 133 Å². The fourth-order valence-corrected chi connectivity index (χ4v) is 15.2. The molecule has 5 heterocycles. The van der Waals surface area contributed by atoms with Crippen LogP contribution in [0.25, 0.3) is 0 Å². The van der Waals surface area contributed by atoms with Gasteiger partial charge in [0.1, 0.15) is 12.2 Å². The summed E-state index contributed by atoms with van der Waals surface area (Å²) < 4.78 is 61.4. The van der Waals surface area contributed by atoms with Crippen molar-refractivity contribution in [2.75, 3.05) is 28.4 Å². The first-order chi connectivity index (χ1) is 45.4. The molecule has 2 fully saturated rings. The van der Waals surface area contributed by atoms with E-state index in [4.69, 9.17) is 47.4 Å². The van der Waals surface area contributed by atoms with Gasteiger partial charge in [0.25, 0.3) is 0 Å². The second-order valence-electron chi connectivity index (χ2n) is 29.9. The van der Waals surface area contributed by atoms with Crippen LogP contribution in [0.1, 0.15) is 199 Å². The molecular weight excluding hydrogens is 1230 g/mol. The maximum absolute atomic E-state index is 14.2. The van der Waals surface area contributed by atoms with Gasteiger partial charge in [0.2, 0.25) is 0 Å². The molecule has 5 aliphatic rings. The van der Waals surface area contributed by atoms with Crippen molar-refractivity contribution in [1.82, 2.24) is 0 Å². The van der Waals surface area contributed by atoms with E-state index in [9.17, 15) is 50.4 Å². The minimum atomic E-state index is -1.18. The van der Waals surface area contributed by atoms with Crippen molar-refractivity contribution in [2.45, 2.75) is 333 Å². The summed E-state index contributed by atoms with van der Waals surface area (Å²) in [5.74, 6) is -5.57. The van der Waals surface area contributed by atoms with Crippen LogP contribution < -0.4 is 0 Å². The third kappa shape index (κ3) is 26.7. The molecule has 0 radical (unpaired) electrons. The molecule has 0 aromatic carbocycles. The van der Waals surface area contributed by atoms with Gasteiger partial charge in [0.05, 0.1) is 122 Å². The van der Waals surface area contributed by atoms with Gasteiger partial charge in [0, 0.05) is 101 Å². The van der Waals surface area contributed by atoms with E-state index in [-0.39, 0.29) is 105 Å². The van der Waals surface area contributed by atoms with E-state index >= 15 is 0 Å². The highest BCUT2D eigenvalue weighted by Gasteiger charge is 2.43. The van der Waals surface area contributed by atoms with E-state index in [2.05, 4.69) is 0 Å². The van der Waals surface area contributed by atoms with Crippen molar-refractivity contribution in [3.8, 4) is 0 Å².